The van der Waals surface area contributed by atoms with Crippen LogP contribution in [0.1, 0.15) is 5.69 Å². The summed E-state index contributed by atoms with van der Waals surface area (Å²) in [4.78, 5) is 3.01. The predicted octanol–water partition coefficient (Wildman–Crippen LogP) is 2.79. The van der Waals surface area contributed by atoms with E-state index in [0.29, 0.717) is 5.69 Å². The number of aromatic amines is 1. The van der Waals surface area contributed by atoms with Gasteiger partial charge in [-0.15, -0.1) is 0 Å². The lowest BCUT2D eigenvalue weighted by molar-refractivity contribution is 0.669. The van der Waals surface area contributed by atoms with Gasteiger partial charge in [0.1, 0.15) is 17.3 Å². The molecule has 0 aliphatic heterocycles. The second kappa shape index (κ2) is 2.39. The van der Waals surface area contributed by atoms with Crippen molar-refractivity contribution in [2.45, 2.75) is 0 Å². The minimum absolute atomic E-state index is 0.532. The normalized spacial score (nSPS) is 10.8. The second-order valence-electron chi connectivity index (χ2n) is 3.13. The van der Waals surface area contributed by atoms with E-state index < -0.39 is 0 Å². The van der Waals surface area contributed by atoms with Crippen molar-refractivity contribution in [3.05, 3.63) is 36.0 Å². The summed E-state index contributed by atoms with van der Waals surface area (Å²) in [6.45, 7) is 0. The van der Waals surface area contributed by atoms with Gasteiger partial charge in [-0.3, -0.25) is 0 Å². The average molecular weight is 182 g/mol. The van der Waals surface area contributed by atoms with Gasteiger partial charge in [-0.25, -0.2) is 0 Å². The van der Waals surface area contributed by atoms with Crippen molar-refractivity contribution in [2.75, 3.05) is 0 Å². The molecule has 2 heterocycles. The van der Waals surface area contributed by atoms with Gasteiger partial charge in [-0.2, -0.15) is 5.26 Å². The van der Waals surface area contributed by atoms with Crippen LogP contribution >= 0.6 is 0 Å². The van der Waals surface area contributed by atoms with E-state index in [0.717, 1.165) is 22.1 Å². The highest BCUT2D eigenvalue weighted by Crippen LogP contribution is 2.27. The van der Waals surface area contributed by atoms with Crippen LogP contribution in [0, 0.1) is 11.3 Å². The number of aromatic nitrogens is 1. The number of para-hydroxylation sites is 1. The van der Waals surface area contributed by atoms with Crippen molar-refractivity contribution in [1.29, 1.82) is 5.26 Å². The molecular weight excluding hydrogens is 176 g/mol. The first-order valence-corrected chi connectivity index (χ1v) is 4.29. The van der Waals surface area contributed by atoms with Crippen LogP contribution in [0.3, 0.4) is 0 Å². The summed E-state index contributed by atoms with van der Waals surface area (Å²) in [5.74, 6) is 0. The Morgan fingerprint density at radius 3 is 2.93 bits per heavy atom. The van der Waals surface area contributed by atoms with Crippen molar-refractivity contribution < 1.29 is 4.42 Å². The average Bonchev–Trinajstić information content (AvgIpc) is 2.73. The van der Waals surface area contributed by atoms with Gasteiger partial charge in [-0.05, 0) is 12.1 Å². The van der Waals surface area contributed by atoms with E-state index in [9.17, 15) is 0 Å². The topological polar surface area (TPSA) is 52.7 Å². The molecular formula is C11H6N2O. The van der Waals surface area contributed by atoms with Crippen LogP contribution in [0.5, 0.6) is 0 Å². The van der Waals surface area contributed by atoms with Gasteiger partial charge in [0.05, 0.1) is 5.52 Å². The third-order valence-corrected chi connectivity index (χ3v) is 2.28. The number of furan rings is 1. The molecule has 0 aliphatic rings. The molecule has 0 radical (unpaired) electrons. The first-order valence-electron chi connectivity index (χ1n) is 4.29. The molecule has 0 amide bonds. The summed E-state index contributed by atoms with van der Waals surface area (Å²) < 4.78 is 5.55. The minimum Gasteiger partial charge on any atom is -0.454 e. The van der Waals surface area contributed by atoms with E-state index in [1.54, 1.807) is 6.07 Å². The number of nitrogens with zero attached hydrogens (tertiary/aromatic N) is 1. The highest BCUT2D eigenvalue weighted by molar-refractivity contribution is 6.03. The number of H-pyrrole nitrogens is 1. The molecule has 1 N–H and O–H groups in total. The molecule has 3 heteroatoms. The molecule has 0 saturated heterocycles. The van der Waals surface area contributed by atoms with Crippen LogP contribution in [0.25, 0.3) is 22.1 Å². The number of nitrogens with one attached hydrogen (secondary N) is 1. The quantitative estimate of drug-likeness (QED) is 0.581. The van der Waals surface area contributed by atoms with Gasteiger partial charge in [0.15, 0.2) is 5.58 Å². The molecule has 3 rings (SSSR count). The van der Waals surface area contributed by atoms with E-state index in [4.69, 9.17) is 9.68 Å². The van der Waals surface area contributed by atoms with E-state index in [1.807, 2.05) is 24.3 Å². The second-order valence-corrected chi connectivity index (χ2v) is 3.13. The van der Waals surface area contributed by atoms with Crippen LogP contribution < -0.4 is 0 Å². The molecule has 0 saturated carbocycles. The largest absolute Gasteiger partial charge is 0.454 e. The fourth-order valence-electron chi connectivity index (χ4n) is 1.66. The van der Waals surface area contributed by atoms with Gasteiger partial charge in [0, 0.05) is 11.5 Å². The van der Waals surface area contributed by atoms with Crippen molar-refractivity contribution in [1.82, 2.24) is 4.98 Å². The molecule has 3 aromatic rings. The zero-order chi connectivity index (χ0) is 9.54. The lowest BCUT2D eigenvalue weighted by Gasteiger charge is -1.85. The van der Waals surface area contributed by atoms with Gasteiger partial charge in [0.25, 0.3) is 0 Å². The monoisotopic (exact) mass is 182 g/mol. The van der Waals surface area contributed by atoms with Crippen LogP contribution in [-0.4, -0.2) is 4.98 Å². The molecule has 0 atom stereocenters. The minimum atomic E-state index is 0.532. The first kappa shape index (κ1) is 7.22. The summed E-state index contributed by atoms with van der Waals surface area (Å²) in [6.07, 6.45) is 0. The molecule has 2 aromatic heterocycles. The summed E-state index contributed by atoms with van der Waals surface area (Å²) in [5.41, 5.74) is 3.02. The maximum absolute atomic E-state index is 8.71. The van der Waals surface area contributed by atoms with Crippen LogP contribution in [0.15, 0.2) is 34.7 Å². The standard InChI is InChI=1S/C11H6N2O/c12-6-7-5-10-11(13-7)8-3-1-2-4-9(8)14-10/h1-5,13H. The Morgan fingerprint density at radius 1 is 1.21 bits per heavy atom. The van der Waals surface area contributed by atoms with Crippen molar-refractivity contribution in [3.63, 3.8) is 0 Å². The molecule has 1 aromatic carbocycles. The number of hydrogen-bond acceptors (Lipinski definition) is 2. The van der Waals surface area contributed by atoms with Crippen LogP contribution in [-0.2, 0) is 0 Å². The first-order chi connectivity index (χ1) is 6.88. The number of rotatable bonds is 0. The third kappa shape index (κ3) is 0.798. The molecule has 0 bridgehead atoms. The summed E-state index contributed by atoms with van der Waals surface area (Å²) in [7, 11) is 0. The highest BCUT2D eigenvalue weighted by atomic mass is 16.3. The van der Waals surface area contributed by atoms with E-state index >= 15 is 0 Å². The van der Waals surface area contributed by atoms with Crippen molar-refractivity contribution in [2.24, 2.45) is 0 Å². The van der Waals surface area contributed by atoms with Crippen molar-refractivity contribution in [3.8, 4) is 6.07 Å². The lowest BCUT2D eigenvalue weighted by Crippen LogP contribution is -1.70. The van der Waals surface area contributed by atoms with E-state index in [-0.39, 0.29) is 0 Å². The molecule has 0 aliphatic carbocycles. The molecule has 66 valence electrons. The van der Waals surface area contributed by atoms with E-state index in [1.165, 1.54) is 0 Å². The Balaban J connectivity index is 2.52. The summed E-state index contributed by atoms with van der Waals surface area (Å²) >= 11 is 0. The van der Waals surface area contributed by atoms with Crippen molar-refractivity contribution >= 4 is 22.1 Å². The summed E-state index contributed by atoms with van der Waals surface area (Å²) in [5, 5.41) is 9.72. The maximum Gasteiger partial charge on any atom is 0.154 e. The van der Waals surface area contributed by atoms with E-state index in [2.05, 4.69) is 11.1 Å². The number of benzene rings is 1. The Morgan fingerprint density at radius 2 is 2.07 bits per heavy atom. The summed E-state index contributed by atoms with van der Waals surface area (Å²) in [6, 6.07) is 11.5. The SMILES string of the molecule is N#Cc1cc2oc3ccccc3c2[nH]1. The van der Waals surface area contributed by atoms with Gasteiger partial charge >= 0.3 is 0 Å². The highest BCUT2D eigenvalue weighted by Gasteiger charge is 2.08. The maximum atomic E-state index is 8.71. The lowest BCUT2D eigenvalue weighted by atomic mass is 10.2. The fourth-order valence-corrected chi connectivity index (χ4v) is 1.66. The van der Waals surface area contributed by atoms with Gasteiger partial charge < -0.3 is 9.40 Å². The predicted molar refractivity (Wildman–Crippen MR) is 52.8 cm³/mol. The Labute approximate surface area is 79.6 Å². The molecule has 3 nitrogen and oxygen atoms in total. The van der Waals surface area contributed by atoms with Gasteiger partial charge in [-0.1, -0.05) is 12.1 Å². The van der Waals surface area contributed by atoms with Gasteiger partial charge in [0.2, 0.25) is 0 Å². The Hall–Kier alpha value is -2.21. The van der Waals surface area contributed by atoms with Crippen LogP contribution in [0.4, 0.5) is 0 Å². The third-order valence-electron chi connectivity index (χ3n) is 2.28. The zero-order valence-corrected chi connectivity index (χ0v) is 7.24. The Kier molecular flexibility index (Phi) is 1.23. The molecule has 0 unspecified atom stereocenters. The Bertz CT molecular complexity index is 655. The molecule has 14 heavy (non-hydrogen) atoms. The number of nitriles is 1. The number of hydrogen-bond donors (Lipinski definition) is 1. The smallest absolute Gasteiger partial charge is 0.154 e. The number of fused-ring (bicyclic) bond motifs is 3. The molecule has 0 fully saturated rings. The fraction of sp³-hybridized carbons (Fsp3) is 0. The molecule has 0 spiro atoms. The van der Waals surface area contributed by atoms with Crippen LogP contribution in [0.2, 0.25) is 0 Å². The zero-order valence-electron chi connectivity index (χ0n) is 7.24.